The van der Waals surface area contributed by atoms with Crippen LogP contribution in [-0.2, 0) is 0 Å². The molecule has 1 unspecified atom stereocenters. The van der Waals surface area contributed by atoms with Crippen LogP contribution >= 0.6 is 22.6 Å². The van der Waals surface area contributed by atoms with E-state index in [0.29, 0.717) is 3.92 Å². The number of unbranched alkanes of at least 4 members (excludes halogenated alkanes) is 1. The number of aliphatic hydroxyl groups is 1. The summed E-state index contributed by atoms with van der Waals surface area (Å²) in [5.41, 5.74) is -0.504. The zero-order chi connectivity index (χ0) is 8.20. The minimum atomic E-state index is -0.504. The van der Waals surface area contributed by atoms with Crippen molar-refractivity contribution >= 4 is 22.6 Å². The Morgan fingerprint density at radius 1 is 1.50 bits per heavy atom. The molecule has 0 radical (unpaired) electrons. The molecule has 0 fully saturated rings. The van der Waals surface area contributed by atoms with E-state index in [1.807, 2.05) is 13.8 Å². The van der Waals surface area contributed by atoms with Crippen molar-refractivity contribution in [2.24, 2.45) is 0 Å². The normalized spacial score (nSPS) is 15.3. The lowest BCUT2D eigenvalue weighted by atomic mass is 10.0. The third-order valence-corrected chi connectivity index (χ3v) is 3.72. The first-order valence-electron chi connectivity index (χ1n) is 3.85. The highest BCUT2D eigenvalue weighted by Gasteiger charge is 2.22. The highest BCUT2D eigenvalue weighted by molar-refractivity contribution is 14.1. The Labute approximate surface area is 77.3 Å². The van der Waals surface area contributed by atoms with Gasteiger partial charge in [-0.3, -0.25) is 0 Å². The van der Waals surface area contributed by atoms with Crippen LogP contribution in [0, 0.1) is 0 Å². The molecule has 0 rings (SSSR count). The smallest absolute Gasteiger partial charge is 0.0708 e. The summed E-state index contributed by atoms with van der Waals surface area (Å²) in [6.07, 6.45) is 3.56. The summed E-state index contributed by atoms with van der Waals surface area (Å²) in [6, 6.07) is 0. The minimum absolute atomic E-state index is 0.394. The van der Waals surface area contributed by atoms with Gasteiger partial charge in [-0.05, 0) is 20.3 Å². The molecule has 1 N–H and O–H groups in total. The van der Waals surface area contributed by atoms with Crippen LogP contribution in [0.15, 0.2) is 0 Å². The van der Waals surface area contributed by atoms with Crippen molar-refractivity contribution in [2.75, 3.05) is 0 Å². The summed E-state index contributed by atoms with van der Waals surface area (Å²) < 4.78 is 0.394. The van der Waals surface area contributed by atoms with E-state index in [9.17, 15) is 5.11 Å². The van der Waals surface area contributed by atoms with Crippen LogP contribution < -0.4 is 0 Å². The fourth-order valence-corrected chi connectivity index (χ4v) is 1.18. The number of hydrogen-bond donors (Lipinski definition) is 1. The molecular formula is C8H17IO. The summed E-state index contributed by atoms with van der Waals surface area (Å²) in [5.74, 6) is 0. The van der Waals surface area contributed by atoms with Crippen LogP contribution in [0.4, 0.5) is 0 Å². The van der Waals surface area contributed by atoms with Gasteiger partial charge in [0.15, 0.2) is 0 Å². The van der Waals surface area contributed by atoms with Gasteiger partial charge in [0, 0.05) is 3.92 Å². The average Bonchev–Trinajstić information content (AvgIpc) is 1.80. The molecule has 10 heavy (non-hydrogen) atoms. The van der Waals surface area contributed by atoms with E-state index in [1.165, 1.54) is 12.8 Å². The van der Waals surface area contributed by atoms with Gasteiger partial charge >= 0.3 is 0 Å². The number of hydrogen-bond acceptors (Lipinski definition) is 1. The van der Waals surface area contributed by atoms with Crippen LogP contribution in [0.1, 0.15) is 40.0 Å². The standard InChI is InChI=1S/C8H17IO/c1-4-5-6-7(9)8(2,3)10/h7,10H,4-6H2,1-3H3. The van der Waals surface area contributed by atoms with Crippen LogP contribution in [0.5, 0.6) is 0 Å². The molecule has 0 aromatic heterocycles. The molecule has 0 heterocycles. The first-order chi connectivity index (χ1) is 4.48. The van der Waals surface area contributed by atoms with E-state index in [1.54, 1.807) is 0 Å². The number of rotatable bonds is 4. The molecule has 0 aliphatic heterocycles. The Hall–Kier alpha value is 0.690. The van der Waals surface area contributed by atoms with Crippen LogP contribution in [0.3, 0.4) is 0 Å². The molecule has 0 bridgehead atoms. The second-order valence-corrected chi connectivity index (χ2v) is 4.77. The monoisotopic (exact) mass is 256 g/mol. The van der Waals surface area contributed by atoms with Crippen molar-refractivity contribution in [3.05, 3.63) is 0 Å². The predicted molar refractivity (Wildman–Crippen MR) is 53.6 cm³/mol. The van der Waals surface area contributed by atoms with Crippen LogP contribution in [0.25, 0.3) is 0 Å². The first-order valence-corrected chi connectivity index (χ1v) is 5.09. The van der Waals surface area contributed by atoms with Crippen molar-refractivity contribution in [1.82, 2.24) is 0 Å². The molecule has 2 heteroatoms. The minimum Gasteiger partial charge on any atom is -0.389 e. The van der Waals surface area contributed by atoms with Gasteiger partial charge in [-0.15, -0.1) is 0 Å². The summed E-state index contributed by atoms with van der Waals surface area (Å²) in [5, 5.41) is 9.51. The fraction of sp³-hybridized carbons (Fsp3) is 1.00. The molecule has 1 atom stereocenters. The van der Waals surface area contributed by atoms with Crippen molar-refractivity contribution in [1.29, 1.82) is 0 Å². The molecule has 62 valence electrons. The van der Waals surface area contributed by atoms with Gasteiger partial charge in [-0.2, -0.15) is 0 Å². The maximum absolute atomic E-state index is 9.51. The molecule has 0 amide bonds. The Bertz CT molecular complexity index is 85.7. The quantitative estimate of drug-likeness (QED) is 0.605. The van der Waals surface area contributed by atoms with Crippen LogP contribution in [0.2, 0.25) is 0 Å². The van der Waals surface area contributed by atoms with E-state index < -0.39 is 5.60 Å². The zero-order valence-corrected chi connectivity index (χ0v) is 9.18. The third kappa shape index (κ3) is 4.50. The van der Waals surface area contributed by atoms with E-state index in [0.717, 1.165) is 6.42 Å². The van der Waals surface area contributed by atoms with Gasteiger partial charge in [0.05, 0.1) is 5.60 Å². The topological polar surface area (TPSA) is 20.2 Å². The molecule has 0 spiro atoms. The molecule has 0 saturated carbocycles. The van der Waals surface area contributed by atoms with Crippen molar-refractivity contribution in [2.45, 2.75) is 49.6 Å². The molecule has 0 aromatic rings. The Balaban J connectivity index is 3.52. The second kappa shape index (κ2) is 4.54. The van der Waals surface area contributed by atoms with Crippen molar-refractivity contribution < 1.29 is 5.11 Å². The SMILES string of the molecule is CCCCC(I)C(C)(C)O. The van der Waals surface area contributed by atoms with Gasteiger partial charge in [-0.25, -0.2) is 0 Å². The number of halogens is 1. The molecule has 0 aliphatic rings. The van der Waals surface area contributed by atoms with Gasteiger partial charge in [0.25, 0.3) is 0 Å². The molecule has 0 aromatic carbocycles. The maximum Gasteiger partial charge on any atom is 0.0708 e. The average molecular weight is 256 g/mol. The maximum atomic E-state index is 9.51. The Kier molecular flexibility index (Phi) is 4.86. The third-order valence-electron chi connectivity index (χ3n) is 1.58. The largest absolute Gasteiger partial charge is 0.389 e. The molecule has 1 nitrogen and oxygen atoms in total. The van der Waals surface area contributed by atoms with Gasteiger partial charge < -0.3 is 5.11 Å². The van der Waals surface area contributed by atoms with Gasteiger partial charge in [-0.1, -0.05) is 42.4 Å². The van der Waals surface area contributed by atoms with Crippen LogP contribution in [-0.4, -0.2) is 14.6 Å². The second-order valence-electron chi connectivity index (χ2n) is 3.26. The molecular weight excluding hydrogens is 239 g/mol. The Morgan fingerprint density at radius 3 is 2.30 bits per heavy atom. The van der Waals surface area contributed by atoms with Crippen molar-refractivity contribution in [3.8, 4) is 0 Å². The van der Waals surface area contributed by atoms with E-state index in [4.69, 9.17) is 0 Å². The highest BCUT2D eigenvalue weighted by Crippen LogP contribution is 2.22. The first kappa shape index (κ1) is 10.7. The molecule has 0 saturated heterocycles. The number of alkyl halides is 1. The van der Waals surface area contributed by atoms with E-state index in [-0.39, 0.29) is 0 Å². The summed E-state index contributed by atoms with van der Waals surface area (Å²) in [7, 11) is 0. The van der Waals surface area contributed by atoms with Gasteiger partial charge in [0.1, 0.15) is 0 Å². The van der Waals surface area contributed by atoms with E-state index in [2.05, 4.69) is 29.5 Å². The predicted octanol–water partition coefficient (Wildman–Crippen LogP) is 2.75. The summed E-state index contributed by atoms with van der Waals surface area (Å²) in [4.78, 5) is 0. The Morgan fingerprint density at radius 2 is 2.00 bits per heavy atom. The summed E-state index contributed by atoms with van der Waals surface area (Å²) >= 11 is 2.32. The fourth-order valence-electron chi connectivity index (χ4n) is 0.737. The zero-order valence-electron chi connectivity index (χ0n) is 7.02. The lowest BCUT2D eigenvalue weighted by molar-refractivity contribution is 0.0796. The molecule has 0 aliphatic carbocycles. The van der Waals surface area contributed by atoms with E-state index >= 15 is 0 Å². The lowest BCUT2D eigenvalue weighted by Gasteiger charge is -2.23. The highest BCUT2D eigenvalue weighted by atomic mass is 127. The van der Waals surface area contributed by atoms with Crippen molar-refractivity contribution in [3.63, 3.8) is 0 Å². The summed E-state index contributed by atoms with van der Waals surface area (Å²) in [6.45, 7) is 5.92. The lowest BCUT2D eigenvalue weighted by Crippen LogP contribution is -2.30. The van der Waals surface area contributed by atoms with Gasteiger partial charge in [0.2, 0.25) is 0 Å².